The molecule has 0 unspecified atom stereocenters. The number of rotatable bonds is 1. The normalized spacial score (nSPS) is 29.7. The van der Waals surface area contributed by atoms with Crippen molar-refractivity contribution in [1.82, 2.24) is 4.90 Å². The minimum absolute atomic E-state index is 0.632. The predicted molar refractivity (Wildman–Crippen MR) is 41.7 cm³/mol. The maximum Gasteiger partial charge on any atom is 0.262 e. The fourth-order valence-corrected chi connectivity index (χ4v) is 2.04. The van der Waals surface area contributed by atoms with Crippen LogP contribution in [-0.2, 0) is 9.47 Å². The average molecular weight is 198 g/mol. The van der Waals surface area contributed by atoms with Crippen molar-refractivity contribution < 1.29 is 9.47 Å². The molecule has 0 aromatic heterocycles. The van der Waals surface area contributed by atoms with Crippen LogP contribution in [0.2, 0.25) is 0 Å². The Kier molecular flexibility index (Phi) is 2.02. The third-order valence-corrected chi connectivity index (χ3v) is 2.61. The second-order valence-electron chi connectivity index (χ2n) is 2.62. The topological polar surface area (TPSA) is 21.7 Å². The van der Waals surface area contributed by atoms with Gasteiger partial charge in [-0.25, -0.2) is 4.90 Å². The first-order valence-electron chi connectivity index (χ1n) is 3.57. The third-order valence-electron chi connectivity index (χ3n) is 2.06. The summed E-state index contributed by atoms with van der Waals surface area (Å²) in [4.78, 5) is 1.39. The highest BCUT2D eigenvalue weighted by Gasteiger charge is 2.52. The molecule has 0 aliphatic carbocycles. The van der Waals surface area contributed by atoms with Gasteiger partial charge in [-0.3, -0.25) is 0 Å². The Bertz CT molecular complexity index is 155. The lowest BCUT2D eigenvalue weighted by Crippen LogP contribution is -2.46. The molecule has 0 atom stereocenters. The van der Waals surface area contributed by atoms with Gasteiger partial charge in [0.05, 0.1) is 13.2 Å². The minimum Gasteiger partial charge on any atom is -0.334 e. The van der Waals surface area contributed by atoms with E-state index < -0.39 is 10.7 Å². The number of hydrogen-bond donors (Lipinski definition) is 0. The Labute approximate surface area is 75.1 Å². The summed E-state index contributed by atoms with van der Waals surface area (Å²) in [6, 6.07) is 0. The average Bonchev–Trinajstić information content (AvgIpc) is 2.40. The summed E-state index contributed by atoms with van der Waals surface area (Å²) >= 11 is 11.5. The number of ether oxygens (including phenoxy) is 2. The Balaban J connectivity index is 2.20. The van der Waals surface area contributed by atoms with E-state index in [0.717, 1.165) is 13.1 Å². The van der Waals surface area contributed by atoms with Gasteiger partial charge in [0, 0.05) is 13.1 Å². The van der Waals surface area contributed by atoms with Crippen LogP contribution in [0.3, 0.4) is 0 Å². The van der Waals surface area contributed by atoms with Crippen molar-refractivity contribution in [3.05, 3.63) is 0 Å². The molecule has 0 bridgehead atoms. The molecule has 2 heterocycles. The number of alkyl halides is 2. The molecule has 2 rings (SSSR count). The maximum absolute atomic E-state index is 5.75. The van der Waals surface area contributed by atoms with E-state index in [0.29, 0.717) is 13.2 Å². The van der Waals surface area contributed by atoms with Gasteiger partial charge in [-0.1, -0.05) is 23.2 Å². The molecule has 0 radical (unpaired) electrons. The summed E-state index contributed by atoms with van der Waals surface area (Å²) in [6.07, 6.45) is 0. The summed E-state index contributed by atoms with van der Waals surface area (Å²) in [6.45, 7) is 3.01. The quantitative estimate of drug-likeness (QED) is 0.582. The highest BCUT2D eigenvalue weighted by Crippen LogP contribution is 2.36. The van der Waals surface area contributed by atoms with Crippen molar-refractivity contribution in [2.24, 2.45) is 0 Å². The molecule has 2 fully saturated rings. The van der Waals surface area contributed by atoms with Crippen molar-refractivity contribution >= 4 is 23.2 Å². The zero-order valence-corrected chi connectivity index (χ0v) is 7.44. The van der Waals surface area contributed by atoms with Crippen molar-refractivity contribution in [1.29, 1.82) is 0 Å². The molecule has 11 heavy (non-hydrogen) atoms. The van der Waals surface area contributed by atoms with E-state index in [4.69, 9.17) is 32.7 Å². The molecule has 0 saturated carbocycles. The smallest absolute Gasteiger partial charge is 0.262 e. The van der Waals surface area contributed by atoms with E-state index in [-0.39, 0.29) is 0 Å². The highest BCUT2D eigenvalue weighted by atomic mass is 35.5. The molecular weight excluding hydrogens is 189 g/mol. The Morgan fingerprint density at radius 1 is 1.18 bits per heavy atom. The Morgan fingerprint density at radius 3 is 2.09 bits per heavy atom. The van der Waals surface area contributed by atoms with Gasteiger partial charge in [0.1, 0.15) is 0 Å². The zero-order valence-electron chi connectivity index (χ0n) is 5.93. The van der Waals surface area contributed by atoms with Gasteiger partial charge in [-0.05, 0) is 0 Å². The molecule has 0 spiro atoms. The van der Waals surface area contributed by atoms with Crippen LogP contribution >= 0.6 is 23.2 Å². The van der Waals surface area contributed by atoms with Crippen LogP contribution in [0, 0.1) is 0 Å². The Morgan fingerprint density at radius 2 is 1.73 bits per heavy atom. The van der Waals surface area contributed by atoms with Crippen molar-refractivity contribution in [3.8, 4) is 0 Å². The number of halogens is 2. The molecule has 0 aromatic carbocycles. The van der Waals surface area contributed by atoms with Gasteiger partial charge in [0.25, 0.3) is 5.91 Å². The molecule has 0 amide bonds. The van der Waals surface area contributed by atoms with Crippen molar-refractivity contribution in [2.75, 3.05) is 26.3 Å². The van der Waals surface area contributed by atoms with E-state index in [1.807, 2.05) is 4.90 Å². The Hall–Kier alpha value is 0.460. The SMILES string of the molecule is ClC(Cl)C12OCCN1CCO2. The summed E-state index contributed by atoms with van der Waals surface area (Å²) in [5.41, 5.74) is 0. The molecule has 5 heteroatoms. The van der Waals surface area contributed by atoms with Crippen LogP contribution in [0.25, 0.3) is 0 Å². The van der Waals surface area contributed by atoms with Crippen LogP contribution in [0.5, 0.6) is 0 Å². The molecule has 2 saturated heterocycles. The third kappa shape index (κ3) is 1.07. The van der Waals surface area contributed by atoms with Gasteiger partial charge < -0.3 is 9.47 Å². The summed E-state index contributed by atoms with van der Waals surface area (Å²) in [7, 11) is 0. The lowest BCUT2D eigenvalue weighted by atomic mass is 10.5. The van der Waals surface area contributed by atoms with Gasteiger partial charge >= 0.3 is 0 Å². The van der Waals surface area contributed by atoms with Crippen LogP contribution in [-0.4, -0.2) is 42.0 Å². The molecule has 2 aliphatic rings. The number of nitrogens with zero attached hydrogens (tertiary/aromatic N) is 1. The van der Waals surface area contributed by atoms with Gasteiger partial charge in [-0.15, -0.1) is 0 Å². The molecule has 2 aliphatic heterocycles. The first-order chi connectivity index (χ1) is 5.26. The molecule has 0 aromatic rings. The van der Waals surface area contributed by atoms with E-state index in [1.165, 1.54) is 0 Å². The summed E-state index contributed by atoms with van der Waals surface area (Å²) in [5.74, 6) is -0.830. The van der Waals surface area contributed by atoms with E-state index in [2.05, 4.69) is 0 Å². The van der Waals surface area contributed by atoms with Gasteiger partial charge in [-0.2, -0.15) is 0 Å². The molecular formula is C6H9Cl2NO2. The molecule has 0 N–H and O–H groups in total. The van der Waals surface area contributed by atoms with Crippen LogP contribution in [0.15, 0.2) is 0 Å². The van der Waals surface area contributed by atoms with Gasteiger partial charge in [0.2, 0.25) is 0 Å². The number of hydrogen-bond acceptors (Lipinski definition) is 3. The molecule has 3 nitrogen and oxygen atoms in total. The van der Waals surface area contributed by atoms with Crippen molar-refractivity contribution in [3.63, 3.8) is 0 Å². The first kappa shape index (κ1) is 8.08. The standard InChI is InChI=1S/C6H9Cl2NO2/c7-5(8)6-9(1-3-10-6)2-4-11-6/h5H,1-4H2. The first-order valence-corrected chi connectivity index (χ1v) is 4.44. The van der Waals surface area contributed by atoms with E-state index >= 15 is 0 Å². The van der Waals surface area contributed by atoms with Crippen LogP contribution in [0.1, 0.15) is 0 Å². The molecule has 64 valence electrons. The second-order valence-corrected chi connectivity index (χ2v) is 3.71. The van der Waals surface area contributed by atoms with Gasteiger partial charge in [0.15, 0.2) is 4.84 Å². The zero-order chi connectivity index (χ0) is 7.90. The van der Waals surface area contributed by atoms with E-state index in [9.17, 15) is 0 Å². The van der Waals surface area contributed by atoms with Crippen molar-refractivity contribution in [2.45, 2.75) is 10.7 Å². The fraction of sp³-hybridized carbons (Fsp3) is 1.00. The number of fused-ring (bicyclic) bond motifs is 1. The van der Waals surface area contributed by atoms with Crippen LogP contribution < -0.4 is 0 Å². The monoisotopic (exact) mass is 197 g/mol. The van der Waals surface area contributed by atoms with Crippen LogP contribution in [0.4, 0.5) is 0 Å². The van der Waals surface area contributed by atoms with E-state index in [1.54, 1.807) is 0 Å². The summed E-state index contributed by atoms with van der Waals surface area (Å²) in [5, 5.41) is 0. The minimum atomic E-state index is -0.830. The fourth-order valence-electron chi connectivity index (χ4n) is 1.52. The predicted octanol–water partition coefficient (Wildman–Crippen LogP) is 0.806. The second kappa shape index (κ2) is 2.75. The maximum atomic E-state index is 5.75. The summed E-state index contributed by atoms with van der Waals surface area (Å²) < 4.78 is 10.7. The highest BCUT2D eigenvalue weighted by molar-refractivity contribution is 6.45. The largest absolute Gasteiger partial charge is 0.334 e. The lowest BCUT2D eigenvalue weighted by molar-refractivity contribution is -0.220. The lowest BCUT2D eigenvalue weighted by Gasteiger charge is -2.29.